The van der Waals surface area contributed by atoms with E-state index in [0.717, 1.165) is 5.56 Å². The molecule has 174 valence electrons. The second-order valence-electron chi connectivity index (χ2n) is 7.55. The standard InChI is InChI=1S/C22H22F6N2O2/c23-21(24,25)17-9-15(10-18(11-17)22(26,27)28)12-32-19-7-4-8-30(13-29-14-31)20(19)16-5-2-1-3-6-16/h1-3,5-6,9-11,14,19-20H,4,7-8,12-13H2,(H,29,31)/t19-,20-/m1/s1. The van der Waals surface area contributed by atoms with Gasteiger partial charge >= 0.3 is 12.4 Å². The fourth-order valence-corrected chi connectivity index (χ4v) is 3.92. The third-order valence-electron chi connectivity index (χ3n) is 5.31. The molecule has 1 aliphatic rings. The predicted octanol–water partition coefficient (Wildman–Crippen LogP) is 5.15. The lowest BCUT2D eigenvalue weighted by atomic mass is 9.92. The monoisotopic (exact) mass is 460 g/mol. The van der Waals surface area contributed by atoms with Crippen molar-refractivity contribution in [1.29, 1.82) is 0 Å². The van der Waals surface area contributed by atoms with Gasteiger partial charge in [-0.05, 0) is 42.2 Å². The number of nitrogens with zero attached hydrogens (tertiary/aromatic N) is 1. The average molecular weight is 460 g/mol. The van der Waals surface area contributed by atoms with Gasteiger partial charge in [0.2, 0.25) is 6.41 Å². The maximum atomic E-state index is 13.1. The zero-order chi connectivity index (χ0) is 23.4. The first-order valence-electron chi connectivity index (χ1n) is 9.95. The van der Waals surface area contributed by atoms with E-state index in [2.05, 4.69) is 5.32 Å². The van der Waals surface area contributed by atoms with Crippen molar-refractivity contribution in [3.8, 4) is 0 Å². The molecule has 2 atom stereocenters. The summed E-state index contributed by atoms with van der Waals surface area (Å²) in [5.74, 6) is 0. The number of halogens is 6. The van der Waals surface area contributed by atoms with Crippen LogP contribution in [0.5, 0.6) is 0 Å². The molecule has 1 amide bonds. The topological polar surface area (TPSA) is 41.6 Å². The summed E-state index contributed by atoms with van der Waals surface area (Å²) in [5.41, 5.74) is -2.07. The molecule has 2 aromatic rings. The van der Waals surface area contributed by atoms with Gasteiger partial charge in [-0.2, -0.15) is 26.3 Å². The molecule has 0 aromatic heterocycles. The van der Waals surface area contributed by atoms with Gasteiger partial charge in [-0.15, -0.1) is 0 Å². The van der Waals surface area contributed by atoms with Crippen molar-refractivity contribution in [3.63, 3.8) is 0 Å². The van der Waals surface area contributed by atoms with Crippen molar-refractivity contribution >= 4 is 6.41 Å². The lowest BCUT2D eigenvalue weighted by Crippen LogP contribution is -2.46. The molecular formula is C22H22F6N2O2. The molecule has 4 nitrogen and oxygen atoms in total. The van der Waals surface area contributed by atoms with Crippen LogP contribution in [0, 0.1) is 0 Å². The van der Waals surface area contributed by atoms with Crippen LogP contribution in [0.1, 0.15) is 41.1 Å². The molecule has 1 saturated heterocycles. The fraction of sp³-hybridized carbons (Fsp3) is 0.409. The Morgan fingerprint density at radius 1 is 1.00 bits per heavy atom. The third kappa shape index (κ3) is 6.01. The summed E-state index contributed by atoms with van der Waals surface area (Å²) in [6, 6.07) is 10.4. The van der Waals surface area contributed by atoms with E-state index < -0.39 is 36.2 Å². The van der Waals surface area contributed by atoms with E-state index in [-0.39, 0.29) is 24.3 Å². The summed E-state index contributed by atoms with van der Waals surface area (Å²) in [6.45, 7) is 0.489. The van der Waals surface area contributed by atoms with E-state index in [9.17, 15) is 31.1 Å². The quantitative estimate of drug-likeness (QED) is 0.459. The Labute approximate surface area is 181 Å². The number of likely N-dealkylation sites (tertiary alicyclic amines) is 1. The van der Waals surface area contributed by atoms with Crippen LogP contribution >= 0.6 is 0 Å². The number of hydrogen-bond acceptors (Lipinski definition) is 3. The van der Waals surface area contributed by atoms with Gasteiger partial charge in [-0.25, -0.2) is 0 Å². The Bertz CT molecular complexity index is 869. The first kappa shape index (κ1) is 24.1. The van der Waals surface area contributed by atoms with E-state index in [4.69, 9.17) is 4.74 Å². The number of hydrogen-bond donors (Lipinski definition) is 1. The number of nitrogens with one attached hydrogen (secondary N) is 1. The smallest absolute Gasteiger partial charge is 0.372 e. The molecule has 1 fully saturated rings. The van der Waals surface area contributed by atoms with E-state index in [0.29, 0.717) is 37.9 Å². The van der Waals surface area contributed by atoms with Gasteiger partial charge < -0.3 is 10.1 Å². The number of rotatable bonds is 7. The van der Waals surface area contributed by atoms with E-state index in [1.807, 2.05) is 35.2 Å². The van der Waals surface area contributed by atoms with E-state index in [1.165, 1.54) is 0 Å². The van der Waals surface area contributed by atoms with Crippen molar-refractivity contribution in [3.05, 3.63) is 70.8 Å². The van der Waals surface area contributed by atoms with Crippen molar-refractivity contribution in [2.24, 2.45) is 0 Å². The second kappa shape index (κ2) is 9.91. The lowest BCUT2D eigenvalue weighted by Gasteiger charge is -2.41. The molecule has 0 radical (unpaired) electrons. The number of ether oxygens (including phenoxy) is 1. The van der Waals surface area contributed by atoms with Crippen molar-refractivity contribution < 1.29 is 35.9 Å². The van der Waals surface area contributed by atoms with Crippen molar-refractivity contribution in [1.82, 2.24) is 10.2 Å². The summed E-state index contributed by atoms with van der Waals surface area (Å²) in [7, 11) is 0. The number of carbonyl (C=O) groups is 1. The van der Waals surface area contributed by atoms with Gasteiger partial charge in [0.15, 0.2) is 0 Å². The van der Waals surface area contributed by atoms with Crippen LogP contribution in [-0.2, 0) is 28.5 Å². The van der Waals surface area contributed by atoms with Gasteiger partial charge in [-0.3, -0.25) is 9.69 Å². The zero-order valence-corrected chi connectivity index (χ0v) is 16.9. The van der Waals surface area contributed by atoms with Crippen LogP contribution in [-0.4, -0.2) is 30.6 Å². The molecule has 32 heavy (non-hydrogen) atoms. The molecule has 1 aliphatic heterocycles. The summed E-state index contributed by atoms with van der Waals surface area (Å²) in [6.07, 6.45) is -8.47. The minimum absolute atomic E-state index is 0.101. The molecular weight excluding hydrogens is 438 g/mol. The minimum atomic E-state index is -4.91. The molecule has 10 heteroatoms. The number of amides is 1. The molecule has 2 aromatic carbocycles. The molecule has 0 saturated carbocycles. The Morgan fingerprint density at radius 3 is 2.19 bits per heavy atom. The van der Waals surface area contributed by atoms with Crippen molar-refractivity contribution in [2.45, 2.75) is 43.9 Å². The van der Waals surface area contributed by atoms with Gasteiger partial charge in [-0.1, -0.05) is 30.3 Å². The van der Waals surface area contributed by atoms with Gasteiger partial charge in [0.1, 0.15) is 0 Å². The summed E-state index contributed by atoms with van der Waals surface area (Å²) >= 11 is 0. The summed E-state index contributed by atoms with van der Waals surface area (Å²) < 4.78 is 84.7. The first-order chi connectivity index (χ1) is 15.1. The van der Waals surface area contributed by atoms with Gasteiger partial charge in [0, 0.05) is 6.54 Å². The lowest BCUT2D eigenvalue weighted by molar-refractivity contribution is -0.143. The second-order valence-corrected chi connectivity index (χ2v) is 7.55. The molecule has 0 unspecified atom stereocenters. The number of alkyl halides is 6. The number of carbonyl (C=O) groups excluding carboxylic acids is 1. The maximum Gasteiger partial charge on any atom is 0.416 e. The van der Waals surface area contributed by atoms with Crippen LogP contribution in [0.15, 0.2) is 48.5 Å². The highest BCUT2D eigenvalue weighted by molar-refractivity contribution is 5.45. The fourth-order valence-electron chi connectivity index (χ4n) is 3.92. The molecule has 0 bridgehead atoms. The Kier molecular flexibility index (Phi) is 7.45. The first-order valence-corrected chi connectivity index (χ1v) is 9.95. The number of piperidine rings is 1. The van der Waals surface area contributed by atoms with Crippen LogP contribution in [0.25, 0.3) is 0 Å². The molecule has 1 heterocycles. The highest BCUT2D eigenvalue weighted by Gasteiger charge is 2.37. The van der Waals surface area contributed by atoms with Crippen LogP contribution in [0.4, 0.5) is 26.3 Å². The zero-order valence-electron chi connectivity index (χ0n) is 16.9. The Balaban J connectivity index is 1.86. The number of benzene rings is 2. The largest absolute Gasteiger partial charge is 0.416 e. The predicted molar refractivity (Wildman–Crippen MR) is 104 cm³/mol. The molecule has 1 N–H and O–H groups in total. The van der Waals surface area contributed by atoms with Gasteiger partial charge in [0.25, 0.3) is 0 Å². The van der Waals surface area contributed by atoms with Crippen LogP contribution in [0.2, 0.25) is 0 Å². The Morgan fingerprint density at radius 2 is 1.62 bits per heavy atom. The third-order valence-corrected chi connectivity index (χ3v) is 5.31. The molecule has 0 spiro atoms. The normalized spacial score (nSPS) is 20.2. The maximum absolute atomic E-state index is 13.1. The summed E-state index contributed by atoms with van der Waals surface area (Å²) in [5, 5.41) is 2.60. The summed E-state index contributed by atoms with van der Waals surface area (Å²) in [4.78, 5) is 12.7. The molecule has 3 rings (SSSR count). The average Bonchev–Trinajstić information content (AvgIpc) is 2.75. The van der Waals surface area contributed by atoms with E-state index in [1.54, 1.807) is 0 Å². The van der Waals surface area contributed by atoms with Crippen LogP contribution < -0.4 is 5.32 Å². The van der Waals surface area contributed by atoms with E-state index >= 15 is 0 Å². The SMILES string of the molecule is O=CNCN1CCC[C@@H](OCc2cc(C(F)(F)F)cc(C(F)(F)F)c2)[C@H]1c1ccccc1. The van der Waals surface area contributed by atoms with Crippen molar-refractivity contribution in [2.75, 3.05) is 13.2 Å². The van der Waals surface area contributed by atoms with Gasteiger partial charge in [0.05, 0.1) is 36.5 Å². The highest BCUT2D eigenvalue weighted by atomic mass is 19.4. The highest BCUT2D eigenvalue weighted by Crippen LogP contribution is 2.37. The Hall–Kier alpha value is -2.59. The molecule has 0 aliphatic carbocycles. The minimum Gasteiger partial charge on any atom is -0.372 e. The van der Waals surface area contributed by atoms with Crippen LogP contribution in [0.3, 0.4) is 0 Å².